The molecule has 0 aliphatic rings. The summed E-state index contributed by atoms with van der Waals surface area (Å²) in [6.45, 7) is 6.93. The minimum absolute atomic E-state index is 0.238. The molecule has 0 aliphatic carbocycles. The summed E-state index contributed by atoms with van der Waals surface area (Å²) in [5.41, 5.74) is 3.53. The molecule has 0 bridgehead atoms. The van der Waals surface area contributed by atoms with Crippen LogP contribution in [0.4, 0.5) is 0 Å². The van der Waals surface area contributed by atoms with Crippen molar-refractivity contribution in [1.29, 1.82) is 0 Å². The van der Waals surface area contributed by atoms with Gasteiger partial charge in [0.15, 0.2) is 5.82 Å². The van der Waals surface area contributed by atoms with Crippen molar-refractivity contribution in [1.82, 2.24) is 29.9 Å². The summed E-state index contributed by atoms with van der Waals surface area (Å²) in [6, 6.07) is 0.238. The van der Waals surface area contributed by atoms with Crippen molar-refractivity contribution in [2.24, 2.45) is 14.1 Å². The fourth-order valence-electron chi connectivity index (χ4n) is 2.23. The lowest BCUT2D eigenvalue weighted by Gasteiger charge is -2.13. The van der Waals surface area contributed by atoms with E-state index in [1.807, 2.05) is 25.7 Å². The van der Waals surface area contributed by atoms with Gasteiger partial charge in [0.25, 0.3) is 0 Å². The van der Waals surface area contributed by atoms with Gasteiger partial charge in [-0.25, -0.2) is 4.98 Å². The molecule has 2 rings (SSSR count). The summed E-state index contributed by atoms with van der Waals surface area (Å²) in [6.07, 6.45) is 1.71. The third kappa shape index (κ3) is 2.43. The first-order chi connectivity index (χ1) is 8.49. The summed E-state index contributed by atoms with van der Waals surface area (Å²) in [5, 5.41) is 12.1. The van der Waals surface area contributed by atoms with Gasteiger partial charge in [0.2, 0.25) is 0 Å². The van der Waals surface area contributed by atoms with E-state index in [1.165, 1.54) is 11.3 Å². The molecule has 1 unspecified atom stereocenters. The second-order valence-corrected chi connectivity index (χ2v) is 4.65. The van der Waals surface area contributed by atoms with Crippen molar-refractivity contribution in [2.45, 2.75) is 33.4 Å². The summed E-state index contributed by atoms with van der Waals surface area (Å²) in [4.78, 5) is 4.20. The van der Waals surface area contributed by atoms with E-state index in [-0.39, 0.29) is 6.04 Å². The van der Waals surface area contributed by atoms with Crippen molar-refractivity contribution >= 4 is 0 Å². The van der Waals surface area contributed by atoms with Crippen LogP contribution < -0.4 is 5.32 Å². The molecule has 0 saturated heterocycles. The Labute approximate surface area is 107 Å². The monoisotopic (exact) mass is 248 g/mol. The number of aromatic nitrogens is 5. The molecule has 18 heavy (non-hydrogen) atoms. The molecule has 98 valence electrons. The van der Waals surface area contributed by atoms with Gasteiger partial charge in [-0.1, -0.05) is 0 Å². The fourth-order valence-corrected chi connectivity index (χ4v) is 2.23. The van der Waals surface area contributed by atoms with Crippen LogP contribution in [0.15, 0.2) is 6.33 Å². The molecule has 0 radical (unpaired) electrons. The number of aryl methyl sites for hydroxylation is 3. The molecule has 0 amide bonds. The van der Waals surface area contributed by atoms with Gasteiger partial charge in [-0.15, -0.1) is 0 Å². The van der Waals surface area contributed by atoms with Gasteiger partial charge in [-0.3, -0.25) is 9.36 Å². The van der Waals surface area contributed by atoms with Crippen LogP contribution in [0.2, 0.25) is 0 Å². The molecule has 0 aromatic carbocycles. The molecule has 0 aliphatic heterocycles. The van der Waals surface area contributed by atoms with E-state index in [9.17, 15) is 0 Å². The number of nitrogens with zero attached hydrogens (tertiary/aromatic N) is 5. The molecule has 6 nitrogen and oxygen atoms in total. The lowest BCUT2D eigenvalue weighted by molar-refractivity contribution is 0.551. The van der Waals surface area contributed by atoms with Crippen molar-refractivity contribution in [3.8, 4) is 0 Å². The minimum Gasteiger partial charge on any atom is -0.303 e. The van der Waals surface area contributed by atoms with E-state index in [1.54, 1.807) is 11.0 Å². The van der Waals surface area contributed by atoms with E-state index in [0.717, 1.165) is 11.5 Å². The summed E-state index contributed by atoms with van der Waals surface area (Å²) in [7, 11) is 3.84. The zero-order chi connectivity index (χ0) is 13.3. The van der Waals surface area contributed by atoms with Gasteiger partial charge in [-0.05, 0) is 20.8 Å². The third-order valence-electron chi connectivity index (χ3n) is 3.21. The van der Waals surface area contributed by atoms with Crippen molar-refractivity contribution < 1.29 is 0 Å². The first kappa shape index (κ1) is 12.8. The zero-order valence-electron chi connectivity index (χ0n) is 11.6. The van der Waals surface area contributed by atoms with Crippen molar-refractivity contribution in [3.63, 3.8) is 0 Å². The van der Waals surface area contributed by atoms with Crippen LogP contribution in [0.5, 0.6) is 0 Å². The predicted molar refractivity (Wildman–Crippen MR) is 68.9 cm³/mol. The topological polar surface area (TPSA) is 60.6 Å². The highest BCUT2D eigenvalue weighted by Crippen LogP contribution is 2.20. The molecular weight excluding hydrogens is 228 g/mol. The number of rotatable bonds is 4. The van der Waals surface area contributed by atoms with Crippen LogP contribution in [0, 0.1) is 13.8 Å². The maximum Gasteiger partial charge on any atom is 0.164 e. The Hall–Kier alpha value is -1.69. The van der Waals surface area contributed by atoms with E-state index in [0.29, 0.717) is 6.54 Å². The largest absolute Gasteiger partial charge is 0.303 e. The second kappa shape index (κ2) is 4.89. The van der Waals surface area contributed by atoms with Gasteiger partial charge < -0.3 is 5.32 Å². The Morgan fingerprint density at radius 2 is 2.00 bits per heavy atom. The SMILES string of the molecule is Cc1nn(C)c(C)c1C(C)NCc1ncn(C)n1. The van der Waals surface area contributed by atoms with Gasteiger partial charge in [-0.2, -0.15) is 10.2 Å². The maximum atomic E-state index is 4.43. The number of nitrogens with one attached hydrogen (secondary N) is 1. The summed E-state index contributed by atoms with van der Waals surface area (Å²) >= 11 is 0. The molecule has 2 aromatic heterocycles. The van der Waals surface area contributed by atoms with E-state index in [4.69, 9.17) is 0 Å². The molecule has 0 spiro atoms. The van der Waals surface area contributed by atoms with E-state index < -0.39 is 0 Å². The van der Waals surface area contributed by atoms with Crippen LogP contribution in [-0.2, 0) is 20.6 Å². The highest BCUT2D eigenvalue weighted by atomic mass is 15.3. The first-order valence-corrected chi connectivity index (χ1v) is 6.07. The average Bonchev–Trinajstić information content (AvgIpc) is 2.82. The third-order valence-corrected chi connectivity index (χ3v) is 3.21. The van der Waals surface area contributed by atoms with Crippen LogP contribution in [0.3, 0.4) is 0 Å². The van der Waals surface area contributed by atoms with Gasteiger partial charge in [0.05, 0.1) is 12.2 Å². The van der Waals surface area contributed by atoms with Crippen LogP contribution in [-0.4, -0.2) is 24.5 Å². The van der Waals surface area contributed by atoms with Gasteiger partial charge in [0, 0.05) is 31.4 Å². The Morgan fingerprint density at radius 1 is 1.28 bits per heavy atom. The lowest BCUT2D eigenvalue weighted by atomic mass is 10.1. The smallest absolute Gasteiger partial charge is 0.164 e. The van der Waals surface area contributed by atoms with Crippen molar-refractivity contribution in [3.05, 3.63) is 29.1 Å². The standard InChI is InChI=1S/C12H20N6/c1-8(12-9(2)15-18(5)10(12)3)13-6-11-14-7-17(4)16-11/h7-8,13H,6H2,1-5H3. The van der Waals surface area contributed by atoms with E-state index >= 15 is 0 Å². The zero-order valence-corrected chi connectivity index (χ0v) is 11.6. The first-order valence-electron chi connectivity index (χ1n) is 6.07. The molecular formula is C12H20N6. The predicted octanol–water partition coefficient (Wildman–Crippen LogP) is 1.02. The Kier molecular flexibility index (Phi) is 3.47. The summed E-state index contributed by atoms with van der Waals surface area (Å²) in [5.74, 6) is 0.809. The molecule has 0 fully saturated rings. The van der Waals surface area contributed by atoms with E-state index in [2.05, 4.69) is 34.3 Å². The van der Waals surface area contributed by atoms with Gasteiger partial charge in [0.1, 0.15) is 6.33 Å². The number of hydrogen-bond acceptors (Lipinski definition) is 4. The normalized spacial score (nSPS) is 12.9. The minimum atomic E-state index is 0.238. The molecule has 6 heteroatoms. The fraction of sp³-hybridized carbons (Fsp3) is 0.583. The molecule has 2 aromatic rings. The van der Waals surface area contributed by atoms with Gasteiger partial charge >= 0.3 is 0 Å². The lowest BCUT2D eigenvalue weighted by Crippen LogP contribution is -2.20. The highest BCUT2D eigenvalue weighted by molar-refractivity contribution is 5.27. The average molecular weight is 248 g/mol. The van der Waals surface area contributed by atoms with Crippen LogP contribution >= 0.6 is 0 Å². The molecule has 1 atom stereocenters. The Balaban J connectivity index is 2.05. The maximum absolute atomic E-state index is 4.43. The Morgan fingerprint density at radius 3 is 2.50 bits per heavy atom. The van der Waals surface area contributed by atoms with Crippen molar-refractivity contribution in [2.75, 3.05) is 0 Å². The molecule has 2 heterocycles. The van der Waals surface area contributed by atoms with Crippen LogP contribution in [0.1, 0.15) is 35.7 Å². The quantitative estimate of drug-likeness (QED) is 0.877. The Bertz CT molecular complexity index is 539. The number of hydrogen-bond donors (Lipinski definition) is 1. The summed E-state index contributed by atoms with van der Waals surface area (Å²) < 4.78 is 3.63. The van der Waals surface area contributed by atoms with Crippen LogP contribution in [0.25, 0.3) is 0 Å². The second-order valence-electron chi connectivity index (χ2n) is 4.65. The molecule has 1 N–H and O–H groups in total. The molecule has 0 saturated carbocycles. The highest BCUT2D eigenvalue weighted by Gasteiger charge is 2.16.